The Hall–Kier alpha value is -3.74. The number of nitrogens with one attached hydrogen (secondary N) is 2. The van der Waals surface area contributed by atoms with Gasteiger partial charge in [-0.3, -0.25) is 4.79 Å². The standard InChI is InChI=1S/C22H21N3O4/c1-27-18-4-2-3-15(11-18)9-10-23-22(26)19-7-5-17(13-24-19)25-16-6-8-20-21(12-16)29-14-28-20/h2-8,11-13,25H,9-10,14H2,1H3,(H,23,26). The molecule has 0 saturated heterocycles. The molecule has 0 atom stereocenters. The van der Waals surface area contributed by atoms with Crippen molar-refractivity contribution in [3.05, 3.63) is 72.1 Å². The molecule has 0 radical (unpaired) electrons. The van der Waals surface area contributed by atoms with Gasteiger partial charge in [0.1, 0.15) is 11.4 Å². The second-order valence-corrected chi connectivity index (χ2v) is 6.48. The molecule has 1 aromatic heterocycles. The highest BCUT2D eigenvalue weighted by atomic mass is 16.7. The molecule has 7 nitrogen and oxygen atoms in total. The minimum atomic E-state index is -0.206. The number of hydrogen-bond donors (Lipinski definition) is 2. The van der Waals surface area contributed by atoms with Gasteiger partial charge in [-0.15, -0.1) is 0 Å². The van der Waals surface area contributed by atoms with Crippen molar-refractivity contribution < 1.29 is 19.0 Å². The minimum absolute atomic E-state index is 0.206. The maximum absolute atomic E-state index is 12.3. The van der Waals surface area contributed by atoms with Crippen LogP contribution in [0.25, 0.3) is 0 Å². The highest BCUT2D eigenvalue weighted by Gasteiger charge is 2.13. The highest BCUT2D eigenvalue weighted by Crippen LogP contribution is 2.35. The summed E-state index contributed by atoms with van der Waals surface area (Å²) in [6.07, 6.45) is 2.34. The van der Waals surface area contributed by atoms with E-state index < -0.39 is 0 Å². The van der Waals surface area contributed by atoms with Gasteiger partial charge in [-0.2, -0.15) is 0 Å². The molecule has 3 aromatic rings. The molecule has 1 amide bonds. The lowest BCUT2D eigenvalue weighted by molar-refractivity contribution is 0.0949. The van der Waals surface area contributed by atoms with Crippen molar-refractivity contribution in [1.29, 1.82) is 0 Å². The number of amides is 1. The van der Waals surface area contributed by atoms with E-state index in [2.05, 4.69) is 15.6 Å². The molecule has 29 heavy (non-hydrogen) atoms. The van der Waals surface area contributed by atoms with Gasteiger partial charge in [-0.05, 0) is 48.4 Å². The summed E-state index contributed by atoms with van der Waals surface area (Å²) >= 11 is 0. The number of benzene rings is 2. The molecule has 1 aliphatic heterocycles. The maximum Gasteiger partial charge on any atom is 0.269 e. The van der Waals surface area contributed by atoms with E-state index in [-0.39, 0.29) is 12.7 Å². The second-order valence-electron chi connectivity index (χ2n) is 6.48. The van der Waals surface area contributed by atoms with Crippen molar-refractivity contribution >= 4 is 17.3 Å². The van der Waals surface area contributed by atoms with E-state index in [1.54, 1.807) is 19.4 Å². The first kappa shape index (κ1) is 18.6. The third-order valence-corrected chi connectivity index (χ3v) is 4.49. The Kier molecular flexibility index (Phi) is 5.47. The Morgan fingerprint density at radius 3 is 2.76 bits per heavy atom. The van der Waals surface area contributed by atoms with Crippen molar-refractivity contribution in [3.8, 4) is 17.2 Å². The zero-order valence-electron chi connectivity index (χ0n) is 16.0. The molecule has 2 heterocycles. The lowest BCUT2D eigenvalue weighted by atomic mass is 10.1. The smallest absolute Gasteiger partial charge is 0.269 e. The lowest BCUT2D eigenvalue weighted by Gasteiger charge is -2.09. The summed E-state index contributed by atoms with van der Waals surface area (Å²) in [6, 6.07) is 16.9. The predicted octanol–water partition coefficient (Wildman–Crippen LogP) is 3.54. The fraction of sp³-hybridized carbons (Fsp3) is 0.182. The van der Waals surface area contributed by atoms with E-state index in [0.29, 0.717) is 24.4 Å². The Bertz CT molecular complexity index is 1010. The number of rotatable bonds is 7. The molecule has 0 saturated carbocycles. The number of carbonyl (C=O) groups is 1. The summed E-state index contributed by atoms with van der Waals surface area (Å²) < 4.78 is 15.9. The topological polar surface area (TPSA) is 81.7 Å². The van der Waals surface area contributed by atoms with Gasteiger partial charge in [-0.25, -0.2) is 4.98 Å². The molecule has 0 fully saturated rings. The predicted molar refractivity (Wildman–Crippen MR) is 109 cm³/mol. The number of methoxy groups -OCH3 is 1. The first-order valence-corrected chi connectivity index (χ1v) is 9.25. The molecule has 4 rings (SSSR count). The summed E-state index contributed by atoms with van der Waals surface area (Å²) in [5.41, 5.74) is 3.09. The van der Waals surface area contributed by atoms with Crippen LogP contribution in [-0.4, -0.2) is 31.3 Å². The molecule has 1 aliphatic rings. The van der Waals surface area contributed by atoms with Crippen LogP contribution in [-0.2, 0) is 6.42 Å². The van der Waals surface area contributed by atoms with Crippen LogP contribution in [0.1, 0.15) is 16.1 Å². The van der Waals surface area contributed by atoms with E-state index in [1.165, 1.54) is 0 Å². The average Bonchev–Trinajstić information content (AvgIpc) is 3.22. The molecule has 7 heteroatoms. The Morgan fingerprint density at radius 2 is 1.93 bits per heavy atom. The van der Waals surface area contributed by atoms with Gasteiger partial charge in [-0.1, -0.05) is 12.1 Å². The number of fused-ring (bicyclic) bond motifs is 1. The summed E-state index contributed by atoms with van der Waals surface area (Å²) in [6.45, 7) is 0.757. The lowest BCUT2D eigenvalue weighted by Crippen LogP contribution is -2.26. The van der Waals surface area contributed by atoms with Gasteiger partial charge in [0.15, 0.2) is 11.5 Å². The average molecular weight is 391 g/mol. The molecule has 0 bridgehead atoms. The summed E-state index contributed by atoms with van der Waals surface area (Å²) in [5, 5.41) is 6.12. The molecule has 2 N–H and O–H groups in total. The van der Waals surface area contributed by atoms with Crippen molar-refractivity contribution in [2.75, 3.05) is 25.8 Å². The van der Waals surface area contributed by atoms with Crippen molar-refractivity contribution in [1.82, 2.24) is 10.3 Å². The zero-order valence-corrected chi connectivity index (χ0v) is 16.0. The molecule has 148 valence electrons. The third kappa shape index (κ3) is 4.57. The zero-order chi connectivity index (χ0) is 20.1. The SMILES string of the molecule is COc1cccc(CCNC(=O)c2ccc(Nc3ccc4c(c3)OCO4)cn2)c1. The highest BCUT2D eigenvalue weighted by molar-refractivity contribution is 5.92. The van der Waals surface area contributed by atoms with E-state index in [4.69, 9.17) is 14.2 Å². The van der Waals surface area contributed by atoms with E-state index in [1.807, 2.05) is 48.5 Å². The fourth-order valence-corrected chi connectivity index (χ4v) is 2.98. The molecular weight excluding hydrogens is 370 g/mol. The van der Waals surface area contributed by atoms with Crippen LogP contribution in [0, 0.1) is 0 Å². The summed E-state index contributed by atoms with van der Waals surface area (Å²) in [7, 11) is 1.64. The van der Waals surface area contributed by atoms with E-state index in [0.717, 1.165) is 28.4 Å². The number of pyridine rings is 1. The normalized spacial score (nSPS) is 11.8. The van der Waals surface area contributed by atoms with Crippen molar-refractivity contribution in [3.63, 3.8) is 0 Å². The largest absolute Gasteiger partial charge is 0.497 e. The number of ether oxygens (including phenoxy) is 3. The Balaban J connectivity index is 1.30. The number of anilines is 2. The van der Waals surface area contributed by atoms with Gasteiger partial charge < -0.3 is 24.8 Å². The number of aromatic nitrogens is 1. The summed E-state index contributed by atoms with van der Waals surface area (Å²) in [4.78, 5) is 16.6. The van der Waals surface area contributed by atoms with Crippen molar-refractivity contribution in [2.45, 2.75) is 6.42 Å². The van der Waals surface area contributed by atoms with Crippen LogP contribution in [0.5, 0.6) is 17.2 Å². The van der Waals surface area contributed by atoms with Crippen LogP contribution in [0.3, 0.4) is 0 Å². The Morgan fingerprint density at radius 1 is 1.07 bits per heavy atom. The molecule has 2 aromatic carbocycles. The van der Waals surface area contributed by atoms with Crippen LogP contribution in [0.4, 0.5) is 11.4 Å². The summed E-state index contributed by atoms with van der Waals surface area (Å²) in [5.74, 6) is 2.04. The minimum Gasteiger partial charge on any atom is -0.497 e. The quantitative estimate of drug-likeness (QED) is 0.641. The van der Waals surface area contributed by atoms with Gasteiger partial charge in [0, 0.05) is 18.3 Å². The van der Waals surface area contributed by atoms with E-state index in [9.17, 15) is 4.79 Å². The number of hydrogen-bond acceptors (Lipinski definition) is 6. The van der Waals surface area contributed by atoms with Crippen LogP contribution in [0.15, 0.2) is 60.8 Å². The second kappa shape index (κ2) is 8.52. The number of carbonyl (C=O) groups excluding carboxylic acids is 1. The van der Waals surface area contributed by atoms with E-state index >= 15 is 0 Å². The Labute approximate surface area is 168 Å². The van der Waals surface area contributed by atoms with Crippen LogP contribution in [0.2, 0.25) is 0 Å². The first-order valence-electron chi connectivity index (χ1n) is 9.25. The molecule has 0 spiro atoms. The van der Waals surface area contributed by atoms with Gasteiger partial charge >= 0.3 is 0 Å². The van der Waals surface area contributed by atoms with Gasteiger partial charge in [0.25, 0.3) is 5.91 Å². The fourth-order valence-electron chi connectivity index (χ4n) is 2.98. The van der Waals surface area contributed by atoms with Gasteiger partial charge in [0.2, 0.25) is 6.79 Å². The van der Waals surface area contributed by atoms with Crippen molar-refractivity contribution in [2.24, 2.45) is 0 Å². The van der Waals surface area contributed by atoms with Crippen LogP contribution < -0.4 is 24.8 Å². The monoisotopic (exact) mass is 391 g/mol. The molecular formula is C22H21N3O4. The third-order valence-electron chi connectivity index (χ3n) is 4.49. The molecule has 0 aliphatic carbocycles. The maximum atomic E-state index is 12.3. The van der Waals surface area contributed by atoms with Crippen LogP contribution >= 0.6 is 0 Å². The first-order chi connectivity index (χ1) is 14.2. The number of nitrogens with zero attached hydrogens (tertiary/aromatic N) is 1. The molecule has 0 unspecified atom stereocenters. The van der Waals surface area contributed by atoms with Gasteiger partial charge in [0.05, 0.1) is 19.0 Å².